The smallest absolute Gasteiger partial charge is 0.00462 e. The first-order valence-corrected chi connectivity index (χ1v) is 8.11. The lowest BCUT2D eigenvalue weighted by Gasteiger charge is -2.29. The summed E-state index contributed by atoms with van der Waals surface area (Å²) in [6.07, 6.45) is 14.9. The van der Waals surface area contributed by atoms with Gasteiger partial charge in [-0.2, -0.15) is 0 Å². The van der Waals surface area contributed by atoms with Gasteiger partial charge in [0.15, 0.2) is 0 Å². The maximum atomic E-state index is 3.56. The molecule has 1 nitrogen and oxygen atoms in total. The third kappa shape index (κ3) is 4.28. The summed E-state index contributed by atoms with van der Waals surface area (Å²) in [7, 11) is 0. The fourth-order valence-corrected chi connectivity index (χ4v) is 4.02. The molecule has 1 heterocycles. The van der Waals surface area contributed by atoms with Crippen LogP contribution in [0.5, 0.6) is 0 Å². The van der Waals surface area contributed by atoms with Crippen molar-refractivity contribution in [2.24, 2.45) is 17.8 Å². The van der Waals surface area contributed by atoms with E-state index >= 15 is 0 Å². The highest BCUT2D eigenvalue weighted by atomic mass is 14.8. The topological polar surface area (TPSA) is 12.0 Å². The lowest BCUT2D eigenvalue weighted by molar-refractivity contribution is 0.225. The second kappa shape index (κ2) is 7.41. The third-order valence-corrected chi connectivity index (χ3v) is 5.24. The fourth-order valence-electron chi connectivity index (χ4n) is 4.02. The van der Waals surface area contributed by atoms with E-state index in [1.165, 1.54) is 77.3 Å². The van der Waals surface area contributed by atoms with Crippen molar-refractivity contribution in [3.63, 3.8) is 0 Å². The van der Waals surface area contributed by atoms with Crippen LogP contribution in [0.4, 0.5) is 0 Å². The molecule has 100 valence electrons. The third-order valence-electron chi connectivity index (χ3n) is 5.24. The molecule has 1 atom stereocenters. The molecule has 1 aliphatic heterocycles. The van der Waals surface area contributed by atoms with E-state index in [-0.39, 0.29) is 0 Å². The molecule has 1 N–H and O–H groups in total. The van der Waals surface area contributed by atoms with Gasteiger partial charge in [0.2, 0.25) is 0 Å². The lowest BCUT2D eigenvalue weighted by Crippen LogP contribution is -2.20. The molecule has 0 radical (unpaired) electrons. The molecule has 0 amide bonds. The number of hydrogen-bond acceptors (Lipinski definition) is 1. The Morgan fingerprint density at radius 1 is 0.765 bits per heavy atom. The highest BCUT2D eigenvalue weighted by molar-refractivity contribution is 4.77. The van der Waals surface area contributed by atoms with Gasteiger partial charge in [-0.05, 0) is 50.1 Å². The number of rotatable bonds is 2. The molecule has 0 aromatic carbocycles. The zero-order chi connectivity index (χ0) is 11.9. The summed E-state index contributed by atoms with van der Waals surface area (Å²) in [4.78, 5) is 0. The summed E-state index contributed by atoms with van der Waals surface area (Å²) in [5, 5.41) is 3.56. The summed E-state index contributed by atoms with van der Waals surface area (Å²) < 4.78 is 0. The van der Waals surface area contributed by atoms with Gasteiger partial charge in [0, 0.05) is 0 Å². The van der Waals surface area contributed by atoms with Crippen LogP contribution in [0.1, 0.15) is 71.1 Å². The van der Waals surface area contributed by atoms with Gasteiger partial charge in [0.05, 0.1) is 0 Å². The molecule has 0 bridgehead atoms. The molecule has 0 aromatic heterocycles. The molecule has 2 aliphatic rings. The van der Waals surface area contributed by atoms with Crippen LogP contribution in [-0.2, 0) is 0 Å². The zero-order valence-electron chi connectivity index (χ0n) is 11.7. The van der Waals surface area contributed by atoms with Crippen LogP contribution >= 0.6 is 0 Å². The van der Waals surface area contributed by atoms with Crippen molar-refractivity contribution < 1.29 is 0 Å². The Balaban J connectivity index is 1.80. The van der Waals surface area contributed by atoms with Crippen molar-refractivity contribution in [1.82, 2.24) is 5.32 Å². The van der Waals surface area contributed by atoms with E-state index in [1.807, 2.05) is 0 Å². The van der Waals surface area contributed by atoms with Crippen LogP contribution in [0.15, 0.2) is 0 Å². The van der Waals surface area contributed by atoms with Gasteiger partial charge in [-0.15, -0.1) is 0 Å². The Bertz CT molecular complexity index is 184. The predicted molar refractivity (Wildman–Crippen MR) is 75.2 cm³/mol. The maximum Gasteiger partial charge on any atom is -0.00462 e. The Hall–Kier alpha value is -0.0400. The van der Waals surface area contributed by atoms with E-state index in [0.717, 1.165) is 17.8 Å². The lowest BCUT2D eigenvalue weighted by atomic mass is 9.76. The monoisotopic (exact) mass is 237 g/mol. The van der Waals surface area contributed by atoms with Gasteiger partial charge in [0.1, 0.15) is 0 Å². The predicted octanol–water partition coefficient (Wildman–Crippen LogP) is 4.37. The molecule has 17 heavy (non-hydrogen) atoms. The molecule has 1 unspecified atom stereocenters. The van der Waals surface area contributed by atoms with Crippen molar-refractivity contribution >= 4 is 0 Å². The van der Waals surface area contributed by atoms with E-state index in [2.05, 4.69) is 12.2 Å². The van der Waals surface area contributed by atoms with Crippen LogP contribution in [0.2, 0.25) is 0 Å². The quantitative estimate of drug-likeness (QED) is 0.752. The van der Waals surface area contributed by atoms with E-state index in [4.69, 9.17) is 0 Å². The van der Waals surface area contributed by atoms with Gasteiger partial charge in [-0.25, -0.2) is 0 Å². The van der Waals surface area contributed by atoms with Crippen LogP contribution in [0, 0.1) is 17.8 Å². The SMILES string of the molecule is CCC1CCCC(C2CCCNCC2)CCC1. The highest BCUT2D eigenvalue weighted by Gasteiger charge is 2.24. The first-order valence-electron chi connectivity index (χ1n) is 8.11. The van der Waals surface area contributed by atoms with Gasteiger partial charge in [0.25, 0.3) is 0 Å². The first-order chi connectivity index (χ1) is 8.40. The van der Waals surface area contributed by atoms with Crippen molar-refractivity contribution in [3.8, 4) is 0 Å². The average molecular weight is 237 g/mol. The number of nitrogens with one attached hydrogen (secondary N) is 1. The van der Waals surface area contributed by atoms with E-state index in [0.29, 0.717) is 0 Å². The second-order valence-electron chi connectivity index (χ2n) is 6.34. The van der Waals surface area contributed by atoms with Crippen molar-refractivity contribution in [2.45, 2.75) is 71.1 Å². The molecule has 0 aromatic rings. The van der Waals surface area contributed by atoms with Crippen LogP contribution in [0.3, 0.4) is 0 Å². The molecule has 1 saturated carbocycles. The molecule has 1 saturated heterocycles. The average Bonchev–Trinajstić information content (AvgIpc) is 2.58. The van der Waals surface area contributed by atoms with Gasteiger partial charge in [-0.1, -0.05) is 51.9 Å². The molecule has 1 heteroatoms. The van der Waals surface area contributed by atoms with E-state index in [1.54, 1.807) is 0 Å². The van der Waals surface area contributed by atoms with E-state index < -0.39 is 0 Å². The molecule has 1 aliphatic carbocycles. The normalized spacial score (nSPS) is 36.9. The standard InChI is InChI=1S/C16H31N/c1-2-14-6-3-8-15(9-4-7-14)16-10-5-12-17-13-11-16/h14-17H,2-13H2,1H3. The van der Waals surface area contributed by atoms with Gasteiger partial charge >= 0.3 is 0 Å². The van der Waals surface area contributed by atoms with Crippen LogP contribution < -0.4 is 5.32 Å². The fraction of sp³-hybridized carbons (Fsp3) is 1.00. The summed E-state index contributed by atoms with van der Waals surface area (Å²) in [5.41, 5.74) is 0. The summed E-state index contributed by atoms with van der Waals surface area (Å²) in [6, 6.07) is 0. The second-order valence-corrected chi connectivity index (χ2v) is 6.34. The summed E-state index contributed by atoms with van der Waals surface area (Å²) >= 11 is 0. The van der Waals surface area contributed by atoms with E-state index in [9.17, 15) is 0 Å². The Morgan fingerprint density at radius 2 is 1.41 bits per heavy atom. The summed E-state index contributed by atoms with van der Waals surface area (Å²) in [5.74, 6) is 3.16. The maximum absolute atomic E-state index is 3.56. The Labute approximate surface area is 108 Å². The first kappa shape index (κ1) is 13.4. The van der Waals surface area contributed by atoms with Gasteiger partial charge < -0.3 is 5.32 Å². The highest BCUT2D eigenvalue weighted by Crippen LogP contribution is 2.35. The minimum Gasteiger partial charge on any atom is -0.317 e. The minimum atomic E-state index is 1.04. The molecular weight excluding hydrogens is 206 g/mol. The summed E-state index contributed by atoms with van der Waals surface area (Å²) in [6.45, 7) is 4.92. The Kier molecular flexibility index (Phi) is 5.84. The number of hydrogen-bond donors (Lipinski definition) is 1. The molecular formula is C16H31N. The van der Waals surface area contributed by atoms with Crippen LogP contribution in [0.25, 0.3) is 0 Å². The largest absolute Gasteiger partial charge is 0.317 e. The molecule has 2 fully saturated rings. The van der Waals surface area contributed by atoms with Crippen molar-refractivity contribution in [1.29, 1.82) is 0 Å². The van der Waals surface area contributed by atoms with Crippen molar-refractivity contribution in [2.75, 3.05) is 13.1 Å². The van der Waals surface area contributed by atoms with Gasteiger partial charge in [-0.3, -0.25) is 0 Å². The van der Waals surface area contributed by atoms with Crippen molar-refractivity contribution in [3.05, 3.63) is 0 Å². The molecule has 2 rings (SSSR count). The van der Waals surface area contributed by atoms with Crippen LogP contribution in [-0.4, -0.2) is 13.1 Å². The Morgan fingerprint density at radius 3 is 2.12 bits per heavy atom. The minimum absolute atomic E-state index is 1.04. The zero-order valence-corrected chi connectivity index (χ0v) is 11.7. The molecule has 0 spiro atoms.